The summed E-state index contributed by atoms with van der Waals surface area (Å²) in [5, 5.41) is 3.94. The molecule has 19 heavy (non-hydrogen) atoms. The summed E-state index contributed by atoms with van der Waals surface area (Å²) in [5.74, 6) is 0.0711. The summed E-state index contributed by atoms with van der Waals surface area (Å²) in [7, 11) is 0. The summed E-state index contributed by atoms with van der Waals surface area (Å²) in [4.78, 5) is 17.0. The number of amides is 1. The Hall–Kier alpha value is -1.20. The van der Waals surface area contributed by atoms with Gasteiger partial charge in [0.2, 0.25) is 5.91 Å². The van der Waals surface area contributed by atoms with E-state index in [1.54, 1.807) is 11.3 Å². The fourth-order valence-electron chi connectivity index (χ4n) is 1.71. The number of carbonyl (C=O) groups excluding carboxylic acids is 1. The molecule has 0 unspecified atom stereocenters. The molecule has 100 valence electrons. The van der Waals surface area contributed by atoms with Gasteiger partial charge >= 0.3 is 0 Å². The van der Waals surface area contributed by atoms with Crippen LogP contribution in [0.25, 0.3) is 0 Å². The van der Waals surface area contributed by atoms with Crippen molar-refractivity contribution >= 4 is 33.2 Å². The average Bonchev–Trinajstić information content (AvgIpc) is 2.81. The largest absolute Gasteiger partial charge is 0.351 e. The van der Waals surface area contributed by atoms with Crippen LogP contribution in [0.2, 0.25) is 0 Å². The lowest BCUT2D eigenvalue weighted by molar-refractivity contribution is -0.121. The molecule has 0 bridgehead atoms. The number of halogens is 1. The molecule has 0 saturated heterocycles. The van der Waals surface area contributed by atoms with E-state index in [9.17, 15) is 4.79 Å². The summed E-state index contributed by atoms with van der Waals surface area (Å²) in [5.41, 5.74) is 1.16. The van der Waals surface area contributed by atoms with E-state index in [2.05, 4.69) is 26.2 Å². The Balaban J connectivity index is 1.77. The third kappa shape index (κ3) is 4.44. The number of nitrogens with zero attached hydrogens (tertiary/aromatic N) is 1. The van der Waals surface area contributed by atoms with Gasteiger partial charge in [-0.05, 0) is 25.0 Å². The van der Waals surface area contributed by atoms with Gasteiger partial charge in [-0.25, -0.2) is 4.98 Å². The predicted molar refractivity (Wildman–Crippen MR) is 81.2 cm³/mol. The van der Waals surface area contributed by atoms with Gasteiger partial charge in [-0.15, -0.1) is 11.3 Å². The van der Waals surface area contributed by atoms with Crippen molar-refractivity contribution in [3.8, 4) is 0 Å². The molecular formula is C14H15BrN2OS. The first-order valence-corrected chi connectivity index (χ1v) is 7.67. The van der Waals surface area contributed by atoms with Crippen molar-refractivity contribution in [3.05, 3.63) is 50.4 Å². The number of hydrogen-bond donors (Lipinski definition) is 1. The minimum absolute atomic E-state index is 0.0711. The van der Waals surface area contributed by atoms with Gasteiger partial charge in [0.25, 0.3) is 0 Å². The number of rotatable bonds is 5. The van der Waals surface area contributed by atoms with E-state index >= 15 is 0 Å². The molecule has 0 saturated carbocycles. The second kappa shape index (κ2) is 6.82. The van der Waals surface area contributed by atoms with Crippen molar-refractivity contribution in [3.63, 3.8) is 0 Å². The number of thiazole rings is 1. The zero-order chi connectivity index (χ0) is 13.7. The third-order valence-electron chi connectivity index (χ3n) is 2.71. The molecule has 1 N–H and O–H groups in total. The first-order chi connectivity index (χ1) is 9.15. The maximum atomic E-state index is 11.8. The van der Waals surface area contributed by atoms with Crippen molar-refractivity contribution in [2.75, 3.05) is 0 Å². The van der Waals surface area contributed by atoms with Crippen molar-refractivity contribution in [1.82, 2.24) is 10.3 Å². The van der Waals surface area contributed by atoms with E-state index in [0.717, 1.165) is 26.3 Å². The molecule has 1 aromatic heterocycles. The molecule has 1 aromatic carbocycles. The highest BCUT2D eigenvalue weighted by Gasteiger charge is 2.05. The Bertz CT molecular complexity index is 568. The first-order valence-electron chi connectivity index (χ1n) is 6.06. The minimum Gasteiger partial charge on any atom is -0.351 e. The van der Waals surface area contributed by atoms with Crippen LogP contribution < -0.4 is 5.32 Å². The molecule has 1 amide bonds. The van der Waals surface area contributed by atoms with Crippen molar-refractivity contribution in [2.24, 2.45) is 0 Å². The number of nitrogens with one attached hydrogen (secondary N) is 1. The Kier molecular flexibility index (Phi) is 5.10. The quantitative estimate of drug-likeness (QED) is 0.906. The monoisotopic (exact) mass is 338 g/mol. The van der Waals surface area contributed by atoms with E-state index in [1.165, 1.54) is 0 Å². The van der Waals surface area contributed by atoms with E-state index < -0.39 is 0 Å². The fourth-order valence-corrected chi connectivity index (χ4v) is 2.93. The van der Waals surface area contributed by atoms with Gasteiger partial charge in [0.05, 0.1) is 11.6 Å². The van der Waals surface area contributed by atoms with Crippen molar-refractivity contribution < 1.29 is 4.79 Å². The highest BCUT2D eigenvalue weighted by Crippen LogP contribution is 2.17. The zero-order valence-electron chi connectivity index (χ0n) is 10.6. The summed E-state index contributed by atoms with van der Waals surface area (Å²) in [6.45, 7) is 2.53. The molecule has 0 aliphatic carbocycles. The molecule has 0 fully saturated rings. The summed E-state index contributed by atoms with van der Waals surface area (Å²) >= 11 is 5.10. The lowest BCUT2D eigenvalue weighted by Crippen LogP contribution is -2.22. The van der Waals surface area contributed by atoms with E-state index in [1.807, 2.05) is 37.4 Å². The van der Waals surface area contributed by atoms with E-state index in [4.69, 9.17) is 0 Å². The first kappa shape index (κ1) is 14.2. The lowest BCUT2D eigenvalue weighted by Gasteiger charge is -2.05. The van der Waals surface area contributed by atoms with Crippen LogP contribution in [-0.4, -0.2) is 10.9 Å². The average molecular weight is 339 g/mol. The smallest absolute Gasteiger partial charge is 0.220 e. The Morgan fingerprint density at radius 1 is 1.42 bits per heavy atom. The van der Waals surface area contributed by atoms with Crippen LogP contribution in [-0.2, 0) is 17.8 Å². The normalized spacial score (nSPS) is 10.4. The van der Waals surface area contributed by atoms with Gasteiger partial charge in [0, 0.05) is 22.0 Å². The SMILES string of the molecule is Cc1ncc(CNC(=O)CCc2ccccc2Br)s1. The molecule has 0 aliphatic rings. The van der Waals surface area contributed by atoms with Gasteiger partial charge in [0.15, 0.2) is 0 Å². The molecular weight excluding hydrogens is 324 g/mol. The second-order valence-electron chi connectivity index (χ2n) is 4.21. The molecule has 2 aromatic rings. The van der Waals surface area contributed by atoms with Gasteiger partial charge in [0.1, 0.15) is 0 Å². The maximum Gasteiger partial charge on any atom is 0.220 e. The molecule has 5 heteroatoms. The van der Waals surface area contributed by atoms with Crippen molar-refractivity contribution in [1.29, 1.82) is 0 Å². The third-order valence-corrected chi connectivity index (χ3v) is 4.39. The number of hydrogen-bond acceptors (Lipinski definition) is 3. The number of aryl methyl sites for hydroxylation is 2. The van der Waals surface area contributed by atoms with Crippen LogP contribution in [0.5, 0.6) is 0 Å². The molecule has 0 aliphatic heterocycles. The van der Waals surface area contributed by atoms with Gasteiger partial charge < -0.3 is 5.32 Å². The number of carbonyl (C=O) groups is 1. The molecule has 0 atom stereocenters. The second-order valence-corrected chi connectivity index (χ2v) is 6.39. The highest BCUT2D eigenvalue weighted by molar-refractivity contribution is 9.10. The fraction of sp³-hybridized carbons (Fsp3) is 0.286. The summed E-state index contributed by atoms with van der Waals surface area (Å²) in [6.07, 6.45) is 3.06. The van der Waals surface area contributed by atoms with Crippen molar-refractivity contribution in [2.45, 2.75) is 26.3 Å². The summed E-state index contributed by atoms with van der Waals surface area (Å²) in [6, 6.07) is 7.98. The van der Waals surface area contributed by atoms with E-state index in [-0.39, 0.29) is 5.91 Å². The van der Waals surface area contributed by atoms with Gasteiger partial charge in [-0.1, -0.05) is 34.1 Å². The summed E-state index contributed by atoms with van der Waals surface area (Å²) < 4.78 is 1.06. The van der Waals surface area contributed by atoms with Gasteiger partial charge in [-0.2, -0.15) is 0 Å². The van der Waals surface area contributed by atoms with Crippen LogP contribution in [0.15, 0.2) is 34.9 Å². The standard InChI is InChI=1S/C14H15BrN2OS/c1-10-16-8-12(19-10)9-17-14(18)7-6-11-4-2-3-5-13(11)15/h2-5,8H,6-7,9H2,1H3,(H,17,18). The maximum absolute atomic E-state index is 11.8. The molecule has 3 nitrogen and oxygen atoms in total. The van der Waals surface area contributed by atoms with E-state index in [0.29, 0.717) is 13.0 Å². The Morgan fingerprint density at radius 3 is 2.89 bits per heavy atom. The predicted octanol–water partition coefficient (Wildman–Crippen LogP) is 3.46. The molecule has 1 heterocycles. The number of aromatic nitrogens is 1. The van der Waals surface area contributed by atoms with Crippen LogP contribution in [0.1, 0.15) is 21.9 Å². The van der Waals surface area contributed by atoms with Crippen LogP contribution >= 0.6 is 27.3 Å². The zero-order valence-corrected chi connectivity index (χ0v) is 13.1. The minimum atomic E-state index is 0.0711. The Morgan fingerprint density at radius 2 is 2.21 bits per heavy atom. The topological polar surface area (TPSA) is 42.0 Å². The van der Waals surface area contributed by atoms with Crippen LogP contribution in [0, 0.1) is 6.92 Å². The van der Waals surface area contributed by atoms with Crippen LogP contribution in [0.4, 0.5) is 0 Å². The highest BCUT2D eigenvalue weighted by atomic mass is 79.9. The lowest BCUT2D eigenvalue weighted by atomic mass is 10.1. The number of benzene rings is 1. The Labute approximate surface area is 125 Å². The van der Waals surface area contributed by atoms with Gasteiger partial charge in [-0.3, -0.25) is 4.79 Å². The van der Waals surface area contributed by atoms with Crippen LogP contribution in [0.3, 0.4) is 0 Å². The molecule has 0 radical (unpaired) electrons. The molecule has 0 spiro atoms. The molecule has 2 rings (SSSR count).